The largest absolute Gasteiger partial charge is 0.390 e. The molecule has 1 aliphatic rings. The van der Waals surface area contributed by atoms with Crippen LogP contribution in [0.4, 0.5) is 0 Å². The summed E-state index contributed by atoms with van der Waals surface area (Å²) in [6.07, 6.45) is 4.09. The number of hydrogen-bond donors (Lipinski definition) is 2. The van der Waals surface area contributed by atoms with E-state index >= 15 is 0 Å². The molecule has 0 unspecified atom stereocenters. The second-order valence-electron chi connectivity index (χ2n) is 4.29. The minimum atomic E-state index is -2.93. The molecule has 1 fully saturated rings. The second kappa shape index (κ2) is 4.16. The van der Waals surface area contributed by atoms with E-state index in [9.17, 15) is 13.5 Å². The second-order valence-corrected chi connectivity index (χ2v) is 6.62. The highest BCUT2D eigenvalue weighted by atomic mass is 32.2. The highest BCUT2D eigenvalue weighted by Gasteiger charge is 2.35. The molecule has 0 aromatic heterocycles. The molecule has 0 amide bonds. The van der Waals surface area contributed by atoms with Crippen LogP contribution in [0.15, 0.2) is 0 Å². The number of hydrogen-bond acceptors (Lipinski definition) is 4. The number of aliphatic hydroxyl groups is 1. The summed E-state index contributed by atoms with van der Waals surface area (Å²) in [7, 11) is -2.93. The molecule has 0 spiro atoms. The van der Waals surface area contributed by atoms with E-state index in [0.717, 1.165) is 0 Å². The molecule has 3 N–H and O–H groups in total. The minimum Gasteiger partial charge on any atom is -0.390 e. The summed E-state index contributed by atoms with van der Waals surface area (Å²) in [5, 5.41) is 9.72. The molecule has 0 saturated heterocycles. The smallest absolute Gasteiger partial charge is 0.150 e. The van der Waals surface area contributed by atoms with Crippen molar-refractivity contribution in [2.75, 3.05) is 12.8 Å². The van der Waals surface area contributed by atoms with Crippen LogP contribution in [0.2, 0.25) is 0 Å². The normalized spacial score (nSPS) is 34.4. The van der Waals surface area contributed by atoms with Crippen molar-refractivity contribution in [2.24, 2.45) is 5.73 Å². The molecule has 0 bridgehead atoms. The van der Waals surface area contributed by atoms with Gasteiger partial charge in [0.05, 0.1) is 10.9 Å². The van der Waals surface area contributed by atoms with E-state index < -0.39 is 15.4 Å². The van der Waals surface area contributed by atoms with E-state index in [4.69, 9.17) is 5.73 Å². The molecular formula is C9H19NO3S. The molecular weight excluding hydrogens is 202 g/mol. The maximum Gasteiger partial charge on any atom is 0.150 e. The van der Waals surface area contributed by atoms with E-state index in [1.165, 1.54) is 6.26 Å². The minimum absolute atomic E-state index is 0.263. The first-order valence-corrected chi connectivity index (χ1v) is 6.94. The summed E-state index contributed by atoms with van der Waals surface area (Å²) >= 11 is 0. The van der Waals surface area contributed by atoms with E-state index in [1.807, 2.05) is 0 Å². The first-order chi connectivity index (χ1) is 6.37. The van der Waals surface area contributed by atoms with Gasteiger partial charge in [0.1, 0.15) is 9.84 Å². The standard InChI is InChI=1S/C9H19NO3S/c1-14(12,13)8-2-4-9(11,5-3-8)6-7-10/h8,11H,2-7,10H2,1H3/t8-,9+. The quantitative estimate of drug-likeness (QED) is 0.706. The molecule has 14 heavy (non-hydrogen) atoms. The van der Waals surface area contributed by atoms with Crippen molar-refractivity contribution in [3.63, 3.8) is 0 Å². The Labute approximate surface area is 85.4 Å². The van der Waals surface area contributed by atoms with Crippen LogP contribution in [0.25, 0.3) is 0 Å². The van der Waals surface area contributed by atoms with Crippen molar-refractivity contribution in [3.8, 4) is 0 Å². The van der Waals surface area contributed by atoms with Gasteiger partial charge in [-0.1, -0.05) is 0 Å². The molecule has 0 radical (unpaired) electrons. The van der Waals surface area contributed by atoms with Gasteiger partial charge in [0.2, 0.25) is 0 Å². The fraction of sp³-hybridized carbons (Fsp3) is 1.00. The highest BCUT2D eigenvalue weighted by molar-refractivity contribution is 7.91. The van der Waals surface area contributed by atoms with Crippen molar-refractivity contribution in [3.05, 3.63) is 0 Å². The summed E-state index contributed by atoms with van der Waals surface area (Å²) in [6, 6.07) is 0. The van der Waals surface area contributed by atoms with Gasteiger partial charge in [-0.3, -0.25) is 0 Å². The van der Waals surface area contributed by atoms with E-state index in [-0.39, 0.29) is 5.25 Å². The lowest BCUT2D eigenvalue weighted by atomic mass is 9.82. The molecule has 0 atom stereocenters. The zero-order valence-corrected chi connectivity index (χ0v) is 9.39. The summed E-state index contributed by atoms with van der Waals surface area (Å²) in [5.41, 5.74) is 4.67. The Bertz CT molecular complexity index is 278. The molecule has 0 aliphatic heterocycles. The Hall–Kier alpha value is -0.130. The molecule has 0 heterocycles. The Morgan fingerprint density at radius 2 is 1.93 bits per heavy atom. The lowest BCUT2D eigenvalue weighted by Gasteiger charge is -2.35. The van der Waals surface area contributed by atoms with Gasteiger partial charge >= 0.3 is 0 Å². The van der Waals surface area contributed by atoms with Gasteiger partial charge in [-0.15, -0.1) is 0 Å². The summed E-state index contributed by atoms with van der Waals surface area (Å²) in [6.45, 7) is 0.458. The maximum absolute atomic E-state index is 11.2. The van der Waals surface area contributed by atoms with Crippen LogP contribution in [0.1, 0.15) is 32.1 Å². The first kappa shape index (κ1) is 11.9. The van der Waals surface area contributed by atoms with E-state index in [1.54, 1.807) is 0 Å². The fourth-order valence-electron chi connectivity index (χ4n) is 2.08. The van der Waals surface area contributed by atoms with Crippen LogP contribution in [0.5, 0.6) is 0 Å². The molecule has 1 saturated carbocycles. The molecule has 0 aromatic carbocycles. The van der Waals surface area contributed by atoms with Gasteiger partial charge in [0.15, 0.2) is 0 Å². The van der Waals surface area contributed by atoms with E-state index in [0.29, 0.717) is 38.6 Å². The van der Waals surface area contributed by atoms with Crippen molar-refractivity contribution < 1.29 is 13.5 Å². The van der Waals surface area contributed by atoms with Gasteiger partial charge in [-0.25, -0.2) is 8.42 Å². The predicted molar refractivity (Wildman–Crippen MR) is 55.7 cm³/mol. The molecule has 84 valence electrons. The Kier molecular flexibility index (Phi) is 3.55. The van der Waals surface area contributed by atoms with Crippen LogP contribution in [-0.4, -0.2) is 37.2 Å². The van der Waals surface area contributed by atoms with Crippen molar-refractivity contribution in [2.45, 2.75) is 43.0 Å². The summed E-state index contributed by atoms with van der Waals surface area (Å²) < 4.78 is 22.5. The zero-order valence-electron chi connectivity index (χ0n) is 8.57. The van der Waals surface area contributed by atoms with Crippen LogP contribution < -0.4 is 5.73 Å². The number of sulfone groups is 1. The SMILES string of the molecule is CS(=O)(=O)[C@H]1CC[C@](O)(CCN)CC1. The molecule has 1 rings (SSSR count). The Morgan fingerprint density at radius 3 is 2.29 bits per heavy atom. The van der Waals surface area contributed by atoms with Crippen LogP contribution >= 0.6 is 0 Å². The summed E-state index contributed by atoms with van der Waals surface area (Å²) in [5.74, 6) is 0. The third kappa shape index (κ3) is 2.93. The molecule has 1 aliphatic carbocycles. The van der Waals surface area contributed by atoms with Gasteiger partial charge in [-0.05, 0) is 38.6 Å². The lowest BCUT2D eigenvalue weighted by Crippen LogP contribution is -2.39. The third-order valence-corrected chi connectivity index (χ3v) is 4.76. The van der Waals surface area contributed by atoms with Crippen molar-refractivity contribution in [1.82, 2.24) is 0 Å². The predicted octanol–water partition coefficient (Wildman–Crippen LogP) is 0.0535. The van der Waals surface area contributed by atoms with Gasteiger partial charge < -0.3 is 10.8 Å². The average molecular weight is 221 g/mol. The Morgan fingerprint density at radius 1 is 1.43 bits per heavy atom. The van der Waals surface area contributed by atoms with E-state index in [2.05, 4.69) is 0 Å². The Balaban J connectivity index is 2.54. The molecule has 0 aromatic rings. The monoisotopic (exact) mass is 221 g/mol. The van der Waals surface area contributed by atoms with Crippen molar-refractivity contribution >= 4 is 9.84 Å². The number of rotatable bonds is 3. The van der Waals surface area contributed by atoms with Gasteiger partial charge in [0.25, 0.3) is 0 Å². The zero-order chi connectivity index (χ0) is 10.8. The van der Waals surface area contributed by atoms with Crippen LogP contribution in [-0.2, 0) is 9.84 Å². The topological polar surface area (TPSA) is 80.4 Å². The average Bonchev–Trinajstić information content (AvgIpc) is 2.03. The number of nitrogens with two attached hydrogens (primary N) is 1. The van der Waals surface area contributed by atoms with Gasteiger partial charge in [-0.2, -0.15) is 0 Å². The van der Waals surface area contributed by atoms with Gasteiger partial charge in [0, 0.05) is 6.26 Å². The van der Waals surface area contributed by atoms with Crippen LogP contribution in [0.3, 0.4) is 0 Å². The highest BCUT2D eigenvalue weighted by Crippen LogP contribution is 2.33. The first-order valence-electron chi connectivity index (χ1n) is 4.99. The molecule has 5 heteroatoms. The summed E-state index contributed by atoms with van der Waals surface area (Å²) in [4.78, 5) is 0. The fourth-order valence-corrected chi connectivity index (χ4v) is 3.17. The third-order valence-electron chi connectivity index (χ3n) is 3.08. The lowest BCUT2D eigenvalue weighted by molar-refractivity contribution is -0.000515. The van der Waals surface area contributed by atoms with Crippen molar-refractivity contribution in [1.29, 1.82) is 0 Å². The molecule has 4 nitrogen and oxygen atoms in total. The van der Waals surface area contributed by atoms with Crippen LogP contribution in [0, 0.1) is 0 Å². The maximum atomic E-state index is 11.2.